The zero-order valence-electron chi connectivity index (χ0n) is 9.56. The molecule has 0 radical (unpaired) electrons. The molecule has 1 aromatic heterocycles. The molecule has 0 aromatic carbocycles. The number of ether oxygens (including phenoxy) is 2. The molecule has 2 rings (SSSR count). The molecule has 1 unspecified atom stereocenters. The highest BCUT2D eigenvalue weighted by atomic mass is 16.5. The van der Waals surface area contributed by atoms with Gasteiger partial charge < -0.3 is 14.8 Å². The summed E-state index contributed by atoms with van der Waals surface area (Å²) in [4.78, 5) is 4.19. The maximum atomic E-state index is 5.49. The third-order valence-electron chi connectivity index (χ3n) is 2.48. The number of aromatic nitrogens is 3. The highest BCUT2D eigenvalue weighted by Gasteiger charge is 2.14. The maximum absolute atomic E-state index is 5.49. The van der Waals surface area contributed by atoms with E-state index in [4.69, 9.17) is 9.47 Å². The summed E-state index contributed by atoms with van der Waals surface area (Å²) in [6.07, 6.45) is 0.0685. The molecule has 6 nitrogen and oxygen atoms in total. The molecule has 1 N–H and O–H groups in total. The van der Waals surface area contributed by atoms with Gasteiger partial charge in [-0.15, -0.1) is 5.10 Å². The molecule has 1 saturated heterocycles. The molecule has 1 aliphatic heterocycles. The zero-order chi connectivity index (χ0) is 11.4. The molecule has 1 aliphatic rings. The van der Waals surface area contributed by atoms with Crippen molar-refractivity contribution in [2.75, 3.05) is 26.3 Å². The Kier molecular flexibility index (Phi) is 3.63. The van der Waals surface area contributed by atoms with Crippen molar-refractivity contribution in [3.63, 3.8) is 0 Å². The summed E-state index contributed by atoms with van der Waals surface area (Å²) in [5, 5.41) is 11.0. The number of aryl methyl sites for hydroxylation is 2. The lowest BCUT2D eigenvalue weighted by atomic mass is 10.3. The van der Waals surface area contributed by atoms with Crippen LogP contribution in [0.2, 0.25) is 0 Å². The second kappa shape index (κ2) is 5.18. The Morgan fingerprint density at radius 2 is 2.25 bits per heavy atom. The van der Waals surface area contributed by atoms with Crippen LogP contribution in [0.4, 0.5) is 0 Å². The van der Waals surface area contributed by atoms with Gasteiger partial charge >= 0.3 is 6.01 Å². The van der Waals surface area contributed by atoms with Crippen molar-refractivity contribution in [3.05, 3.63) is 11.4 Å². The minimum Gasteiger partial charge on any atom is -0.460 e. The first-order valence-corrected chi connectivity index (χ1v) is 5.39. The predicted octanol–water partition coefficient (Wildman–Crippen LogP) is -0.144. The van der Waals surface area contributed by atoms with Crippen LogP contribution >= 0.6 is 0 Å². The number of nitrogens with one attached hydrogen (secondary N) is 1. The van der Waals surface area contributed by atoms with Crippen LogP contribution in [-0.2, 0) is 4.74 Å². The van der Waals surface area contributed by atoms with E-state index in [0.717, 1.165) is 31.1 Å². The molecule has 2 heterocycles. The monoisotopic (exact) mass is 224 g/mol. The molecule has 88 valence electrons. The summed E-state index contributed by atoms with van der Waals surface area (Å²) in [6.45, 7) is 6.64. The molecular formula is C10H16N4O2. The van der Waals surface area contributed by atoms with Crippen LogP contribution in [0, 0.1) is 13.8 Å². The van der Waals surface area contributed by atoms with Crippen LogP contribution in [0.25, 0.3) is 0 Å². The van der Waals surface area contributed by atoms with Crippen molar-refractivity contribution in [1.29, 1.82) is 0 Å². The number of hydrogen-bond donors (Lipinski definition) is 1. The van der Waals surface area contributed by atoms with Crippen LogP contribution in [0.1, 0.15) is 11.4 Å². The van der Waals surface area contributed by atoms with E-state index in [1.807, 2.05) is 13.8 Å². The average Bonchev–Trinajstić information content (AvgIpc) is 2.32. The first-order valence-electron chi connectivity index (χ1n) is 5.39. The van der Waals surface area contributed by atoms with E-state index in [-0.39, 0.29) is 6.10 Å². The lowest BCUT2D eigenvalue weighted by Crippen LogP contribution is -2.41. The van der Waals surface area contributed by atoms with Crippen molar-refractivity contribution in [2.45, 2.75) is 20.0 Å². The number of hydrogen-bond acceptors (Lipinski definition) is 6. The summed E-state index contributed by atoms with van der Waals surface area (Å²) < 4.78 is 10.9. The fourth-order valence-electron chi connectivity index (χ4n) is 1.39. The van der Waals surface area contributed by atoms with E-state index in [2.05, 4.69) is 20.5 Å². The van der Waals surface area contributed by atoms with Gasteiger partial charge in [0, 0.05) is 13.1 Å². The van der Waals surface area contributed by atoms with Crippen molar-refractivity contribution in [1.82, 2.24) is 20.5 Å². The van der Waals surface area contributed by atoms with Crippen molar-refractivity contribution >= 4 is 0 Å². The van der Waals surface area contributed by atoms with Crippen LogP contribution in [0.5, 0.6) is 6.01 Å². The van der Waals surface area contributed by atoms with Gasteiger partial charge in [0.05, 0.1) is 18.0 Å². The first kappa shape index (κ1) is 11.2. The van der Waals surface area contributed by atoms with E-state index in [1.165, 1.54) is 0 Å². The number of rotatable bonds is 3. The van der Waals surface area contributed by atoms with E-state index in [1.54, 1.807) is 0 Å². The summed E-state index contributed by atoms with van der Waals surface area (Å²) >= 11 is 0. The fraction of sp³-hybridized carbons (Fsp3) is 0.700. The molecule has 0 saturated carbocycles. The molecular weight excluding hydrogens is 208 g/mol. The van der Waals surface area contributed by atoms with E-state index in [0.29, 0.717) is 12.6 Å². The van der Waals surface area contributed by atoms with Crippen molar-refractivity contribution < 1.29 is 9.47 Å². The molecule has 16 heavy (non-hydrogen) atoms. The Bertz CT molecular complexity index is 353. The van der Waals surface area contributed by atoms with Gasteiger partial charge in [0.15, 0.2) is 0 Å². The summed E-state index contributed by atoms with van der Waals surface area (Å²) in [5.74, 6) is 0. The topological polar surface area (TPSA) is 69.2 Å². The normalized spacial score (nSPS) is 20.8. The standard InChI is InChI=1S/C10H16N4O2/c1-7-8(2)13-14-10(12-7)16-6-9-5-11-3-4-15-9/h9,11H,3-6H2,1-2H3. The second-order valence-electron chi connectivity index (χ2n) is 3.77. The first-order chi connectivity index (χ1) is 7.75. The van der Waals surface area contributed by atoms with Gasteiger partial charge in [-0.25, -0.2) is 0 Å². The van der Waals surface area contributed by atoms with Gasteiger partial charge in [0.1, 0.15) is 12.7 Å². The molecule has 1 atom stereocenters. The fourth-order valence-corrected chi connectivity index (χ4v) is 1.39. The third kappa shape index (κ3) is 2.86. The van der Waals surface area contributed by atoms with Crippen molar-refractivity contribution in [3.8, 4) is 6.01 Å². The highest BCUT2D eigenvalue weighted by molar-refractivity contribution is 5.07. The maximum Gasteiger partial charge on any atom is 0.335 e. The van der Waals surface area contributed by atoms with Crippen molar-refractivity contribution in [2.24, 2.45) is 0 Å². The van der Waals surface area contributed by atoms with Crippen LogP contribution < -0.4 is 10.1 Å². The quantitative estimate of drug-likeness (QED) is 0.770. The Labute approximate surface area is 94.4 Å². The SMILES string of the molecule is Cc1nnc(OCC2CNCCO2)nc1C. The summed E-state index contributed by atoms with van der Waals surface area (Å²) in [6, 6.07) is 0.317. The molecule has 1 aromatic rings. The van der Waals surface area contributed by atoms with Gasteiger partial charge in [-0.2, -0.15) is 4.98 Å². The Balaban J connectivity index is 1.86. The number of nitrogens with zero attached hydrogens (tertiary/aromatic N) is 3. The van der Waals surface area contributed by atoms with Crippen LogP contribution in [-0.4, -0.2) is 47.6 Å². The molecule has 1 fully saturated rings. The zero-order valence-corrected chi connectivity index (χ0v) is 9.56. The van der Waals surface area contributed by atoms with E-state index in [9.17, 15) is 0 Å². The number of morpholine rings is 1. The highest BCUT2D eigenvalue weighted by Crippen LogP contribution is 2.05. The Morgan fingerprint density at radius 3 is 2.94 bits per heavy atom. The van der Waals surface area contributed by atoms with Gasteiger partial charge in [-0.1, -0.05) is 5.10 Å². The third-order valence-corrected chi connectivity index (χ3v) is 2.48. The van der Waals surface area contributed by atoms with Crippen LogP contribution in [0.15, 0.2) is 0 Å². The minimum absolute atomic E-state index is 0.0685. The molecule has 0 aliphatic carbocycles. The van der Waals surface area contributed by atoms with Gasteiger partial charge in [-0.3, -0.25) is 0 Å². The molecule has 0 spiro atoms. The second-order valence-corrected chi connectivity index (χ2v) is 3.77. The van der Waals surface area contributed by atoms with Gasteiger partial charge in [0.25, 0.3) is 0 Å². The molecule has 0 amide bonds. The van der Waals surface area contributed by atoms with E-state index < -0.39 is 0 Å². The average molecular weight is 224 g/mol. The van der Waals surface area contributed by atoms with Gasteiger partial charge in [-0.05, 0) is 13.8 Å². The van der Waals surface area contributed by atoms with E-state index >= 15 is 0 Å². The van der Waals surface area contributed by atoms with Crippen LogP contribution in [0.3, 0.4) is 0 Å². The smallest absolute Gasteiger partial charge is 0.335 e. The Hall–Kier alpha value is -1.27. The predicted molar refractivity (Wildman–Crippen MR) is 57.4 cm³/mol. The molecule has 6 heteroatoms. The summed E-state index contributed by atoms with van der Waals surface area (Å²) in [7, 11) is 0. The minimum atomic E-state index is 0.0685. The summed E-state index contributed by atoms with van der Waals surface area (Å²) in [5.41, 5.74) is 1.66. The lowest BCUT2D eigenvalue weighted by Gasteiger charge is -2.22. The van der Waals surface area contributed by atoms with Gasteiger partial charge in [0.2, 0.25) is 0 Å². The lowest BCUT2D eigenvalue weighted by molar-refractivity contribution is -0.00206. The largest absolute Gasteiger partial charge is 0.460 e. The Morgan fingerprint density at radius 1 is 1.38 bits per heavy atom. The molecule has 0 bridgehead atoms.